The molecule has 2 saturated carbocycles. The molecule has 0 amide bonds. The monoisotopic (exact) mass is 353 g/mol. The normalized spacial score (nSPS) is 32.0. The van der Waals surface area contributed by atoms with E-state index in [1.54, 1.807) is 6.07 Å². The van der Waals surface area contributed by atoms with E-state index >= 15 is 0 Å². The molecule has 2 fully saturated rings. The van der Waals surface area contributed by atoms with E-state index in [0.29, 0.717) is 29.2 Å². The number of carboxylic acid groups (broad SMARTS) is 1. The van der Waals surface area contributed by atoms with Crippen molar-refractivity contribution in [1.82, 2.24) is 0 Å². The summed E-state index contributed by atoms with van der Waals surface area (Å²) >= 11 is 6.53. The Hall–Kier alpha value is -2.00. The summed E-state index contributed by atoms with van der Waals surface area (Å²) in [7, 11) is 0. The van der Waals surface area contributed by atoms with Crippen LogP contribution in [-0.2, 0) is 0 Å². The maximum absolute atomic E-state index is 11.4. The number of carboxylic acids is 1. The lowest BCUT2D eigenvalue weighted by Gasteiger charge is -2.43. The Morgan fingerprint density at radius 3 is 2.68 bits per heavy atom. The van der Waals surface area contributed by atoms with Gasteiger partial charge >= 0.3 is 5.97 Å². The lowest BCUT2D eigenvalue weighted by atomic mass is 9.68. The van der Waals surface area contributed by atoms with E-state index in [9.17, 15) is 9.90 Å². The molecule has 4 heteroatoms. The molecule has 2 aliphatic carbocycles. The third kappa shape index (κ3) is 2.22. The van der Waals surface area contributed by atoms with Gasteiger partial charge in [-0.15, -0.1) is 0 Å². The minimum atomic E-state index is -0.851. The molecular weight excluding hydrogens is 334 g/mol. The number of anilines is 1. The van der Waals surface area contributed by atoms with Crippen LogP contribution in [0, 0.1) is 17.8 Å². The fourth-order valence-corrected chi connectivity index (χ4v) is 5.91. The number of benzene rings is 2. The zero-order valence-electron chi connectivity index (χ0n) is 13.8. The van der Waals surface area contributed by atoms with Crippen LogP contribution in [0.1, 0.15) is 52.7 Å². The van der Waals surface area contributed by atoms with Gasteiger partial charge in [-0.05, 0) is 78.3 Å². The first-order chi connectivity index (χ1) is 12.1. The maximum Gasteiger partial charge on any atom is 0.335 e. The average Bonchev–Trinajstić information content (AvgIpc) is 3.23. The molecule has 1 aliphatic heterocycles. The molecule has 0 unspecified atom stereocenters. The summed E-state index contributed by atoms with van der Waals surface area (Å²) < 4.78 is 0. The van der Waals surface area contributed by atoms with Crippen LogP contribution in [0.25, 0.3) is 0 Å². The molecule has 5 rings (SSSR count). The highest BCUT2D eigenvalue weighted by Crippen LogP contribution is 2.64. The largest absolute Gasteiger partial charge is 0.478 e. The van der Waals surface area contributed by atoms with Crippen molar-refractivity contribution in [3.8, 4) is 0 Å². The minimum Gasteiger partial charge on any atom is -0.478 e. The summed E-state index contributed by atoms with van der Waals surface area (Å²) in [6.07, 6.45) is 3.80. The number of rotatable bonds is 2. The Kier molecular flexibility index (Phi) is 3.36. The molecule has 2 aromatic rings. The van der Waals surface area contributed by atoms with Gasteiger partial charge in [-0.25, -0.2) is 4.79 Å². The number of fused-ring (bicyclic) bond motifs is 7. The van der Waals surface area contributed by atoms with Gasteiger partial charge in [0, 0.05) is 10.7 Å². The van der Waals surface area contributed by atoms with Crippen molar-refractivity contribution in [3.05, 3.63) is 64.2 Å². The highest BCUT2D eigenvalue weighted by atomic mass is 35.5. The summed E-state index contributed by atoms with van der Waals surface area (Å²) in [5, 5.41) is 13.9. The predicted octanol–water partition coefficient (Wildman–Crippen LogP) is 5.33. The first-order valence-corrected chi connectivity index (χ1v) is 9.39. The van der Waals surface area contributed by atoms with Crippen molar-refractivity contribution >= 4 is 23.3 Å². The summed E-state index contributed by atoms with van der Waals surface area (Å²) in [6, 6.07) is 13.8. The van der Waals surface area contributed by atoms with Crippen LogP contribution >= 0.6 is 11.6 Å². The fraction of sp³-hybridized carbons (Fsp3) is 0.381. The second kappa shape index (κ2) is 5.50. The number of aromatic carboxylic acids is 1. The van der Waals surface area contributed by atoms with Crippen molar-refractivity contribution < 1.29 is 9.90 Å². The average molecular weight is 354 g/mol. The Labute approximate surface area is 152 Å². The molecule has 2 N–H and O–H groups in total. The van der Waals surface area contributed by atoms with E-state index < -0.39 is 5.97 Å². The summed E-state index contributed by atoms with van der Waals surface area (Å²) in [6.45, 7) is 0. The predicted molar refractivity (Wildman–Crippen MR) is 98.3 cm³/mol. The van der Waals surface area contributed by atoms with Gasteiger partial charge in [-0.1, -0.05) is 29.8 Å². The van der Waals surface area contributed by atoms with Gasteiger partial charge in [0.1, 0.15) is 0 Å². The molecule has 1 heterocycles. The topological polar surface area (TPSA) is 49.3 Å². The number of hydrogen-bond acceptors (Lipinski definition) is 2. The van der Waals surface area contributed by atoms with Gasteiger partial charge < -0.3 is 10.4 Å². The van der Waals surface area contributed by atoms with Crippen LogP contribution < -0.4 is 5.32 Å². The van der Waals surface area contributed by atoms with E-state index in [0.717, 1.165) is 10.7 Å². The van der Waals surface area contributed by atoms with Gasteiger partial charge in [0.15, 0.2) is 0 Å². The molecule has 5 atom stereocenters. The van der Waals surface area contributed by atoms with Crippen molar-refractivity contribution in [2.75, 3.05) is 5.32 Å². The van der Waals surface area contributed by atoms with E-state index in [-0.39, 0.29) is 6.04 Å². The lowest BCUT2D eigenvalue weighted by molar-refractivity contribution is 0.0696. The van der Waals surface area contributed by atoms with Crippen LogP contribution in [-0.4, -0.2) is 11.1 Å². The highest BCUT2D eigenvalue weighted by Gasteiger charge is 2.54. The second-order valence-corrected chi connectivity index (χ2v) is 8.09. The smallest absolute Gasteiger partial charge is 0.335 e. The van der Waals surface area contributed by atoms with Gasteiger partial charge in [-0.2, -0.15) is 0 Å². The maximum atomic E-state index is 11.4. The zero-order chi connectivity index (χ0) is 17.1. The molecule has 0 radical (unpaired) electrons. The van der Waals surface area contributed by atoms with Crippen LogP contribution in [0.3, 0.4) is 0 Å². The summed E-state index contributed by atoms with van der Waals surface area (Å²) in [4.78, 5) is 11.4. The number of nitrogens with one attached hydrogen (secondary N) is 1. The molecule has 2 aromatic carbocycles. The first kappa shape index (κ1) is 15.3. The van der Waals surface area contributed by atoms with Crippen molar-refractivity contribution in [2.24, 2.45) is 17.8 Å². The molecule has 3 nitrogen and oxygen atoms in total. The van der Waals surface area contributed by atoms with E-state index in [4.69, 9.17) is 11.6 Å². The summed E-state index contributed by atoms with van der Waals surface area (Å²) in [5.74, 6) is 1.46. The standard InChI is InChI=1S/C21H20ClNO2/c22-16-4-2-1-3-14(16)20-19-12-6-5-11(9-12)18(19)15-10-13(21(24)25)7-8-17(15)23-20/h1-4,7-8,10-12,18-20,23H,5-6,9H2,(H,24,25)/t11-,12+,18+,19+,20-/m0/s1. The first-order valence-electron chi connectivity index (χ1n) is 9.01. The number of halogens is 1. The van der Waals surface area contributed by atoms with Crippen molar-refractivity contribution in [2.45, 2.75) is 31.2 Å². The molecule has 0 spiro atoms. The zero-order valence-corrected chi connectivity index (χ0v) is 14.5. The third-order valence-electron chi connectivity index (χ3n) is 6.57. The van der Waals surface area contributed by atoms with Gasteiger partial charge in [-0.3, -0.25) is 0 Å². The van der Waals surface area contributed by atoms with Crippen LogP contribution in [0.2, 0.25) is 5.02 Å². The Morgan fingerprint density at radius 2 is 1.88 bits per heavy atom. The van der Waals surface area contributed by atoms with Gasteiger partial charge in [0.2, 0.25) is 0 Å². The molecule has 0 saturated heterocycles. The van der Waals surface area contributed by atoms with Gasteiger partial charge in [0.05, 0.1) is 11.6 Å². The van der Waals surface area contributed by atoms with Gasteiger partial charge in [0.25, 0.3) is 0 Å². The number of carbonyl (C=O) groups is 1. The summed E-state index contributed by atoms with van der Waals surface area (Å²) in [5.41, 5.74) is 3.82. The van der Waals surface area contributed by atoms with Crippen molar-refractivity contribution in [1.29, 1.82) is 0 Å². The fourth-order valence-electron chi connectivity index (χ4n) is 5.66. The van der Waals surface area contributed by atoms with Crippen LogP contribution in [0.15, 0.2) is 42.5 Å². The molecule has 2 bridgehead atoms. The minimum absolute atomic E-state index is 0.206. The van der Waals surface area contributed by atoms with Crippen LogP contribution in [0.4, 0.5) is 5.69 Å². The third-order valence-corrected chi connectivity index (χ3v) is 6.92. The van der Waals surface area contributed by atoms with Crippen LogP contribution in [0.5, 0.6) is 0 Å². The lowest BCUT2D eigenvalue weighted by Crippen LogP contribution is -2.35. The number of hydrogen-bond donors (Lipinski definition) is 2. The Bertz CT molecular complexity index is 865. The highest BCUT2D eigenvalue weighted by molar-refractivity contribution is 6.31. The SMILES string of the molecule is O=C(O)c1ccc2c(c1)[C@H]1[C@H]3CC[C@H](C3)[C@H]1[C@H](c1ccccc1Cl)N2. The van der Waals surface area contributed by atoms with E-state index in [1.165, 1.54) is 30.4 Å². The molecule has 0 aromatic heterocycles. The molecule has 25 heavy (non-hydrogen) atoms. The second-order valence-electron chi connectivity index (χ2n) is 7.69. The van der Waals surface area contributed by atoms with E-state index in [1.807, 2.05) is 30.3 Å². The molecule has 3 aliphatic rings. The van der Waals surface area contributed by atoms with Crippen molar-refractivity contribution in [3.63, 3.8) is 0 Å². The Balaban J connectivity index is 1.65. The quantitative estimate of drug-likeness (QED) is 0.766. The molecular formula is C21H20ClNO2. The van der Waals surface area contributed by atoms with E-state index in [2.05, 4.69) is 11.4 Å². The Morgan fingerprint density at radius 1 is 1.08 bits per heavy atom. The molecule has 128 valence electrons.